The van der Waals surface area contributed by atoms with E-state index in [1.807, 2.05) is 25.1 Å². The lowest BCUT2D eigenvalue weighted by atomic mass is 10.1. The van der Waals surface area contributed by atoms with Crippen molar-refractivity contribution in [3.05, 3.63) is 28.6 Å². The van der Waals surface area contributed by atoms with Crippen molar-refractivity contribution in [1.82, 2.24) is 4.90 Å². The predicted octanol–water partition coefficient (Wildman–Crippen LogP) is 2.53. The van der Waals surface area contributed by atoms with Gasteiger partial charge in [0.2, 0.25) is 0 Å². The van der Waals surface area contributed by atoms with Crippen molar-refractivity contribution in [2.45, 2.75) is 19.4 Å². The summed E-state index contributed by atoms with van der Waals surface area (Å²) in [6, 6.07) is 5.31. The summed E-state index contributed by atoms with van der Waals surface area (Å²) in [5.74, 6) is -0.305. The quantitative estimate of drug-likeness (QED) is 0.918. The van der Waals surface area contributed by atoms with E-state index in [1.54, 1.807) is 12.0 Å². The van der Waals surface area contributed by atoms with Gasteiger partial charge < -0.3 is 19.5 Å². The first-order valence-electron chi connectivity index (χ1n) is 7.69. The molecule has 0 saturated carbocycles. The van der Waals surface area contributed by atoms with Crippen LogP contribution in [0.4, 0.5) is 0 Å². The van der Waals surface area contributed by atoms with Crippen molar-refractivity contribution < 1.29 is 24.2 Å². The number of hydrogen-bond acceptors (Lipinski definition) is 5. The van der Waals surface area contributed by atoms with Crippen molar-refractivity contribution in [1.29, 1.82) is 0 Å². The number of benzene rings is 1. The fourth-order valence-corrected chi connectivity index (χ4v) is 4.10. The van der Waals surface area contributed by atoms with E-state index in [1.165, 1.54) is 11.3 Å². The molecule has 2 aromatic rings. The molecule has 1 aliphatic heterocycles. The lowest BCUT2D eigenvalue weighted by Crippen LogP contribution is -2.49. The Bertz CT molecular complexity index is 785. The van der Waals surface area contributed by atoms with Gasteiger partial charge >= 0.3 is 5.97 Å². The minimum atomic E-state index is -0.930. The van der Waals surface area contributed by atoms with Gasteiger partial charge in [-0.2, -0.15) is 0 Å². The van der Waals surface area contributed by atoms with E-state index in [0.29, 0.717) is 18.0 Å². The van der Waals surface area contributed by atoms with E-state index < -0.39 is 12.0 Å². The smallest absolute Gasteiger partial charge is 0.305 e. The number of aryl methyl sites for hydroxylation is 1. The van der Waals surface area contributed by atoms with E-state index in [9.17, 15) is 9.59 Å². The molecule has 0 spiro atoms. The number of thiophene rings is 1. The molecule has 3 rings (SSSR count). The molecule has 1 unspecified atom stereocenters. The van der Waals surface area contributed by atoms with Crippen LogP contribution in [0, 0.1) is 6.92 Å². The maximum Gasteiger partial charge on any atom is 0.305 e. The van der Waals surface area contributed by atoms with E-state index in [0.717, 1.165) is 21.4 Å². The zero-order chi connectivity index (χ0) is 17.3. The molecule has 1 amide bonds. The number of nitrogens with zero attached hydrogens (tertiary/aromatic N) is 1. The second-order valence-electron chi connectivity index (χ2n) is 5.74. The van der Waals surface area contributed by atoms with Gasteiger partial charge in [-0.3, -0.25) is 9.59 Å². The van der Waals surface area contributed by atoms with Gasteiger partial charge in [-0.05, 0) is 36.1 Å². The fourth-order valence-electron chi connectivity index (χ4n) is 2.95. The number of aliphatic carboxylic acids is 1. The summed E-state index contributed by atoms with van der Waals surface area (Å²) in [7, 11) is 1.61. The Morgan fingerprint density at radius 3 is 2.96 bits per heavy atom. The predicted molar refractivity (Wildman–Crippen MR) is 91.0 cm³/mol. The monoisotopic (exact) mass is 349 g/mol. The highest BCUT2D eigenvalue weighted by atomic mass is 32.1. The minimum absolute atomic E-state index is 0.108. The summed E-state index contributed by atoms with van der Waals surface area (Å²) in [6.07, 6.45) is -0.108. The molecule has 1 aromatic heterocycles. The van der Waals surface area contributed by atoms with Crippen molar-refractivity contribution in [2.75, 3.05) is 26.9 Å². The lowest BCUT2D eigenvalue weighted by Gasteiger charge is -2.34. The Kier molecular flexibility index (Phi) is 4.73. The lowest BCUT2D eigenvalue weighted by molar-refractivity contribution is -0.139. The largest absolute Gasteiger partial charge is 0.497 e. The second-order valence-corrected chi connectivity index (χ2v) is 6.80. The molecular weight excluding hydrogens is 330 g/mol. The zero-order valence-corrected chi connectivity index (χ0v) is 14.4. The van der Waals surface area contributed by atoms with Crippen LogP contribution < -0.4 is 4.74 Å². The molecule has 2 heterocycles. The maximum absolute atomic E-state index is 13.0. The van der Waals surface area contributed by atoms with E-state index >= 15 is 0 Å². The third kappa shape index (κ3) is 3.09. The van der Waals surface area contributed by atoms with Crippen LogP contribution in [0.1, 0.15) is 21.7 Å². The maximum atomic E-state index is 13.0. The first-order valence-corrected chi connectivity index (χ1v) is 8.50. The Morgan fingerprint density at radius 2 is 2.25 bits per heavy atom. The van der Waals surface area contributed by atoms with Crippen LogP contribution in [0.5, 0.6) is 5.75 Å². The SMILES string of the molecule is COc1ccc2sc(C(=O)N3CCOCC3CC(=O)O)c(C)c2c1. The number of carbonyl (C=O) groups excluding carboxylic acids is 1. The molecule has 0 aliphatic carbocycles. The standard InChI is InChI=1S/C17H19NO5S/c1-10-13-8-12(22-2)3-4-14(13)24-16(10)17(21)18-5-6-23-9-11(18)7-15(19)20/h3-4,8,11H,5-7,9H2,1-2H3,(H,19,20). The van der Waals surface area contributed by atoms with Gasteiger partial charge in [0.25, 0.3) is 5.91 Å². The highest BCUT2D eigenvalue weighted by Gasteiger charge is 2.31. The van der Waals surface area contributed by atoms with E-state index in [2.05, 4.69) is 0 Å². The van der Waals surface area contributed by atoms with Gasteiger partial charge in [-0.1, -0.05) is 0 Å². The number of carbonyl (C=O) groups is 2. The summed E-state index contributed by atoms with van der Waals surface area (Å²) < 4.78 is 11.6. The van der Waals surface area contributed by atoms with Crippen molar-refractivity contribution in [2.24, 2.45) is 0 Å². The van der Waals surface area contributed by atoms with Crippen LogP contribution in [0.2, 0.25) is 0 Å². The van der Waals surface area contributed by atoms with Crippen LogP contribution in [-0.4, -0.2) is 54.8 Å². The Morgan fingerprint density at radius 1 is 1.46 bits per heavy atom. The molecular formula is C17H19NO5S. The van der Waals surface area contributed by atoms with Gasteiger partial charge in [-0.25, -0.2) is 0 Å². The third-order valence-electron chi connectivity index (χ3n) is 4.24. The number of morpholine rings is 1. The molecule has 1 N–H and O–H groups in total. The third-order valence-corrected chi connectivity index (χ3v) is 5.50. The molecule has 128 valence electrons. The summed E-state index contributed by atoms with van der Waals surface area (Å²) in [6.45, 7) is 3.02. The van der Waals surface area contributed by atoms with Gasteiger partial charge in [0.05, 0.1) is 37.7 Å². The van der Waals surface area contributed by atoms with Gasteiger partial charge in [0.1, 0.15) is 5.75 Å². The van der Waals surface area contributed by atoms with Gasteiger partial charge in [-0.15, -0.1) is 11.3 Å². The molecule has 0 bridgehead atoms. The number of carboxylic acid groups (broad SMARTS) is 1. The topological polar surface area (TPSA) is 76.1 Å². The number of methoxy groups -OCH3 is 1. The number of rotatable bonds is 4. The molecule has 1 aliphatic rings. The van der Waals surface area contributed by atoms with Crippen LogP contribution in [0.25, 0.3) is 10.1 Å². The van der Waals surface area contributed by atoms with Crippen LogP contribution >= 0.6 is 11.3 Å². The fraction of sp³-hybridized carbons (Fsp3) is 0.412. The van der Waals surface area contributed by atoms with Crippen LogP contribution in [0.3, 0.4) is 0 Å². The Balaban J connectivity index is 1.94. The molecule has 1 saturated heterocycles. The average molecular weight is 349 g/mol. The van der Waals surface area contributed by atoms with E-state index in [-0.39, 0.29) is 18.9 Å². The average Bonchev–Trinajstić information content (AvgIpc) is 2.90. The first-order chi connectivity index (χ1) is 11.5. The van der Waals surface area contributed by atoms with Gasteiger partial charge in [0, 0.05) is 11.2 Å². The summed E-state index contributed by atoms with van der Waals surface area (Å²) in [5, 5.41) is 10.0. The first kappa shape index (κ1) is 16.7. The summed E-state index contributed by atoms with van der Waals surface area (Å²) in [4.78, 5) is 26.3. The molecule has 1 atom stereocenters. The normalized spacial score (nSPS) is 17.9. The van der Waals surface area contributed by atoms with Gasteiger partial charge in [0.15, 0.2) is 0 Å². The number of fused-ring (bicyclic) bond motifs is 1. The highest BCUT2D eigenvalue weighted by Crippen LogP contribution is 2.34. The number of ether oxygens (including phenoxy) is 2. The van der Waals surface area contributed by atoms with Crippen molar-refractivity contribution in [3.8, 4) is 5.75 Å². The Labute approximate surface area is 143 Å². The zero-order valence-electron chi connectivity index (χ0n) is 13.6. The summed E-state index contributed by atoms with van der Waals surface area (Å²) >= 11 is 1.43. The number of carboxylic acids is 1. The minimum Gasteiger partial charge on any atom is -0.497 e. The highest BCUT2D eigenvalue weighted by molar-refractivity contribution is 7.21. The molecule has 7 heteroatoms. The van der Waals surface area contributed by atoms with Crippen LogP contribution in [-0.2, 0) is 9.53 Å². The second kappa shape index (κ2) is 6.78. The molecule has 1 fully saturated rings. The number of hydrogen-bond donors (Lipinski definition) is 1. The van der Waals surface area contributed by atoms with E-state index in [4.69, 9.17) is 14.6 Å². The van der Waals surface area contributed by atoms with Crippen molar-refractivity contribution >= 4 is 33.3 Å². The Hall–Kier alpha value is -2.12. The number of amides is 1. The van der Waals surface area contributed by atoms with Crippen LogP contribution in [0.15, 0.2) is 18.2 Å². The molecule has 24 heavy (non-hydrogen) atoms. The van der Waals surface area contributed by atoms with Crippen molar-refractivity contribution in [3.63, 3.8) is 0 Å². The molecule has 1 aromatic carbocycles. The molecule has 0 radical (unpaired) electrons. The molecule has 6 nitrogen and oxygen atoms in total. The summed E-state index contributed by atoms with van der Waals surface area (Å²) in [5.41, 5.74) is 0.902.